The van der Waals surface area contributed by atoms with E-state index in [4.69, 9.17) is 16.3 Å². The fourth-order valence-electron chi connectivity index (χ4n) is 1.91. The number of aryl methyl sites for hydroxylation is 1. The minimum Gasteiger partial charge on any atom is -0.496 e. The summed E-state index contributed by atoms with van der Waals surface area (Å²) < 4.78 is 5.27. The van der Waals surface area contributed by atoms with Crippen LogP contribution in [0.2, 0.25) is 5.02 Å². The summed E-state index contributed by atoms with van der Waals surface area (Å²) >= 11 is 6.18. The highest BCUT2D eigenvalue weighted by Crippen LogP contribution is 2.33. The molecule has 1 aromatic carbocycles. The number of benzene rings is 1. The van der Waals surface area contributed by atoms with E-state index < -0.39 is 0 Å². The van der Waals surface area contributed by atoms with Gasteiger partial charge in [0.25, 0.3) is 5.56 Å². The van der Waals surface area contributed by atoms with Gasteiger partial charge in [0.05, 0.1) is 17.7 Å². The van der Waals surface area contributed by atoms with Crippen molar-refractivity contribution in [1.29, 1.82) is 0 Å². The highest BCUT2D eigenvalue weighted by molar-refractivity contribution is 6.33. The van der Waals surface area contributed by atoms with Gasteiger partial charge in [-0.3, -0.25) is 4.79 Å². The first-order valence-corrected chi connectivity index (χ1v) is 6.46. The average molecular weight is 279 g/mol. The lowest BCUT2D eigenvalue weighted by Crippen LogP contribution is -2.11. The van der Waals surface area contributed by atoms with Crippen LogP contribution in [0.15, 0.2) is 29.1 Å². The Labute approximate surface area is 116 Å². The first kappa shape index (κ1) is 13.6. The SMILES string of the molecule is CCCc1cc(=O)[nH]c(-c2c(Cl)cccc2OC)n1. The number of hydrogen-bond acceptors (Lipinski definition) is 3. The lowest BCUT2D eigenvalue weighted by atomic mass is 10.1. The van der Waals surface area contributed by atoms with Gasteiger partial charge in [-0.05, 0) is 18.6 Å². The summed E-state index contributed by atoms with van der Waals surface area (Å²) in [5.41, 5.74) is 1.18. The van der Waals surface area contributed by atoms with Crippen LogP contribution in [-0.4, -0.2) is 17.1 Å². The van der Waals surface area contributed by atoms with E-state index in [0.717, 1.165) is 18.5 Å². The second-order valence-corrected chi connectivity index (χ2v) is 4.56. The molecule has 2 rings (SSSR count). The third-order valence-electron chi connectivity index (χ3n) is 2.73. The van der Waals surface area contributed by atoms with E-state index in [0.29, 0.717) is 22.2 Å². The zero-order valence-corrected chi connectivity index (χ0v) is 11.6. The molecule has 0 atom stereocenters. The van der Waals surface area contributed by atoms with Crippen LogP contribution >= 0.6 is 11.6 Å². The molecular weight excluding hydrogens is 264 g/mol. The molecule has 100 valence electrons. The number of hydrogen-bond donors (Lipinski definition) is 1. The Morgan fingerprint density at radius 3 is 2.89 bits per heavy atom. The van der Waals surface area contributed by atoms with E-state index in [9.17, 15) is 4.79 Å². The second-order valence-electron chi connectivity index (χ2n) is 4.15. The molecule has 0 saturated heterocycles. The van der Waals surface area contributed by atoms with Crippen molar-refractivity contribution in [3.63, 3.8) is 0 Å². The average Bonchev–Trinajstić information content (AvgIpc) is 2.38. The summed E-state index contributed by atoms with van der Waals surface area (Å²) in [5, 5.41) is 0.496. The van der Waals surface area contributed by atoms with E-state index in [2.05, 4.69) is 9.97 Å². The number of ether oxygens (including phenoxy) is 1. The topological polar surface area (TPSA) is 55.0 Å². The highest BCUT2D eigenvalue weighted by Gasteiger charge is 2.13. The summed E-state index contributed by atoms with van der Waals surface area (Å²) in [4.78, 5) is 18.8. The van der Waals surface area contributed by atoms with E-state index in [-0.39, 0.29) is 5.56 Å². The smallest absolute Gasteiger partial charge is 0.251 e. The molecule has 0 amide bonds. The Hall–Kier alpha value is -1.81. The number of methoxy groups -OCH3 is 1. The summed E-state index contributed by atoms with van der Waals surface area (Å²) in [5.74, 6) is 1.03. The molecule has 2 aromatic rings. The zero-order chi connectivity index (χ0) is 13.8. The standard InChI is InChI=1S/C14H15ClN2O2/c1-3-5-9-8-12(18)17-14(16-9)13-10(15)6-4-7-11(13)19-2/h4,6-8H,3,5H2,1-2H3,(H,16,17,18). The normalized spacial score (nSPS) is 10.5. The Morgan fingerprint density at radius 1 is 1.42 bits per heavy atom. The summed E-state index contributed by atoms with van der Waals surface area (Å²) in [7, 11) is 1.56. The van der Waals surface area contributed by atoms with Gasteiger partial charge < -0.3 is 9.72 Å². The van der Waals surface area contributed by atoms with Gasteiger partial charge in [-0.15, -0.1) is 0 Å². The monoisotopic (exact) mass is 278 g/mol. The Morgan fingerprint density at radius 2 is 2.21 bits per heavy atom. The molecule has 0 aliphatic heterocycles. The highest BCUT2D eigenvalue weighted by atomic mass is 35.5. The van der Waals surface area contributed by atoms with E-state index in [1.54, 1.807) is 25.3 Å². The van der Waals surface area contributed by atoms with Crippen LogP contribution in [0.1, 0.15) is 19.0 Å². The van der Waals surface area contributed by atoms with Crippen LogP contribution in [0, 0.1) is 0 Å². The molecule has 0 aliphatic carbocycles. The number of nitrogens with one attached hydrogen (secondary N) is 1. The van der Waals surface area contributed by atoms with Gasteiger partial charge in [0.15, 0.2) is 0 Å². The summed E-state index contributed by atoms with van der Waals surface area (Å²) in [6, 6.07) is 6.83. The third kappa shape index (κ3) is 2.96. The number of nitrogens with zero attached hydrogens (tertiary/aromatic N) is 1. The number of H-pyrrole nitrogens is 1. The van der Waals surface area contributed by atoms with E-state index >= 15 is 0 Å². The fraction of sp³-hybridized carbons (Fsp3) is 0.286. The van der Waals surface area contributed by atoms with Crippen LogP contribution in [-0.2, 0) is 6.42 Å². The van der Waals surface area contributed by atoms with Gasteiger partial charge in [-0.1, -0.05) is 31.0 Å². The van der Waals surface area contributed by atoms with Gasteiger partial charge in [0.1, 0.15) is 11.6 Å². The van der Waals surface area contributed by atoms with Crippen molar-refractivity contribution in [3.05, 3.63) is 45.3 Å². The first-order valence-electron chi connectivity index (χ1n) is 6.08. The second kappa shape index (κ2) is 5.89. The van der Waals surface area contributed by atoms with Crippen molar-refractivity contribution in [1.82, 2.24) is 9.97 Å². The van der Waals surface area contributed by atoms with Crippen LogP contribution in [0.5, 0.6) is 5.75 Å². The van der Waals surface area contributed by atoms with Gasteiger partial charge >= 0.3 is 0 Å². The summed E-state index contributed by atoms with van der Waals surface area (Å²) in [6.45, 7) is 2.04. The van der Waals surface area contributed by atoms with Crippen LogP contribution < -0.4 is 10.3 Å². The number of aromatic amines is 1. The number of aromatic nitrogens is 2. The van der Waals surface area contributed by atoms with Gasteiger partial charge in [0, 0.05) is 11.8 Å². The Kier molecular flexibility index (Phi) is 4.22. The molecule has 5 heteroatoms. The van der Waals surface area contributed by atoms with Crippen molar-refractivity contribution in [2.24, 2.45) is 0 Å². The Balaban J connectivity index is 2.61. The largest absolute Gasteiger partial charge is 0.496 e. The molecule has 4 nitrogen and oxygen atoms in total. The zero-order valence-electron chi connectivity index (χ0n) is 10.9. The van der Waals surface area contributed by atoms with Gasteiger partial charge in [0.2, 0.25) is 0 Å². The van der Waals surface area contributed by atoms with Crippen molar-refractivity contribution >= 4 is 11.6 Å². The van der Waals surface area contributed by atoms with E-state index in [1.165, 1.54) is 6.07 Å². The predicted octanol–water partition coefficient (Wildman–Crippen LogP) is 3.05. The molecule has 1 N–H and O–H groups in total. The van der Waals surface area contributed by atoms with Crippen LogP contribution in [0.4, 0.5) is 0 Å². The van der Waals surface area contributed by atoms with Crippen LogP contribution in [0.3, 0.4) is 0 Å². The lowest BCUT2D eigenvalue weighted by Gasteiger charge is -2.10. The van der Waals surface area contributed by atoms with E-state index in [1.807, 2.05) is 6.92 Å². The minimum atomic E-state index is -0.185. The maximum atomic E-state index is 11.7. The molecule has 0 saturated carbocycles. The predicted molar refractivity (Wildman–Crippen MR) is 75.9 cm³/mol. The van der Waals surface area contributed by atoms with Crippen molar-refractivity contribution in [3.8, 4) is 17.1 Å². The van der Waals surface area contributed by atoms with Gasteiger partial charge in [-0.2, -0.15) is 0 Å². The van der Waals surface area contributed by atoms with Crippen molar-refractivity contribution < 1.29 is 4.74 Å². The molecule has 0 radical (unpaired) electrons. The first-order chi connectivity index (χ1) is 9.15. The van der Waals surface area contributed by atoms with Crippen molar-refractivity contribution in [2.45, 2.75) is 19.8 Å². The molecule has 19 heavy (non-hydrogen) atoms. The molecule has 0 unspecified atom stereocenters. The molecule has 0 spiro atoms. The molecule has 0 bridgehead atoms. The fourth-order valence-corrected chi connectivity index (χ4v) is 2.17. The maximum absolute atomic E-state index is 11.7. The molecule has 0 fully saturated rings. The quantitative estimate of drug-likeness (QED) is 0.935. The maximum Gasteiger partial charge on any atom is 0.251 e. The summed E-state index contributed by atoms with van der Waals surface area (Å²) in [6.07, 6.45) is 1.68. The van der Waals surface area contributed by atoms with Crippen molar-refractivity contribution in [2.75, 3.05) is 7.11 Å². The molecular formula is C14H15ClN2O2. The molecule has 1 aromatic heterocycles. The Bertz CT molecular complexity index is 638. The number of rotatable bonds is 4. The molecule has 0 aliphatic rings. The number of halogens is 1. The van der Waals surface area contributed by atoms with Gasteiger partial charge in [-0.25, -0.2) is 4.98 Å². The third-order valence-corrected chi connectivity index (χ3v) is 3.05. The lowest BCUT2D eigenvalue weighted by molar-refractivity contribution is 0.416. The minimum absolute atomic E-state index is 0.185. The van der Waals surface area contributed by atoms with Crippen LogP contribution in [0.25, 0.3) is 11.4 Å². The molecule has 1 heterocycles.